The number of anilines is 1. The number of carbonyl (C=O) groups excluding carboxylic acids is 1. The Balaban J connectivity index is 1.41. The lowest BCUT2D eigenvalue weighted by molar-refractivity contribution is -0.118. The average molecular weight is 411 g/mol. The minimum atomic E-state index is -0.373. The molecule has 6 nitrogen and oxygen atoms in total. The number of para-hydroxylation sites is 2. The Morgan fingerprint density at radius 3 is 2.65 bits per heavy atom. The standard InChI is InChI=1S/C25H21N3O3/c29-25(26-16-6-2-1-3-7-16)20-13-18-17-8-4-5-9-19(17)27-24(18)23(28-20)15-10-11-21-22(12-15)31-14-30-21/h1-12,20,23,27-28H,13-14H2,(H,26,29)/t20-,23+/m0/s1. The van der Waals surface area contributed by atoms with Crippen molar-refractivity contribution in [2.75, 3.05) is 12.1 Å². The number of rotatable bonds is 3. The highest BCUT2D eigenvalue weighted by atomic mass is 16.7. The number of hydrogen-bond acceptors (Lipinski definition) is 4. The van der Waals surface area contributed by atoms with Gasteiger partial charge in [-0.2, -0.15) is 0 Å². The molecular formula is C25H21N3O3. The Morgan fingerprint density at radius 1 is 0.935 bits per heavy atom. The van der Waals surface area contributed by atoms with Crippen LogP contribution in [0.2, 0.25) is 0 Å². The highest BCUT2D eigenvalue weighted by molar-refractivity contribution is 5.96. The van der Waals surface area contributed by atoms with Gasteiger partial charge in [0.1, 0.15) is 0 Å². The maximum absolute atomic E-state index is 13.2. The summed E-state index contributed by atoms with van der Waals surface area (Å²) in [4.78, 5) is 16.7. The second-order valence-electron chi connectivity index (χ2n) is 7.89. The van der Waals surface area contributed by atoms with E-state index in [-0.39, 0.29) is 24.8 Å². The van der Waals surface area contributed by atoms with E-state index in [2.05, 4.69) is 27.8 Å². The van der Waals surface area contributed by atoms with Crippen LogP contribution in [0, 0.1) is 0 Å². The van der Waals surface area contributed by atoms with Crippen LogP contribution in [0.1, 0.15) is 22.9 Å². The smallest absolute Gasteiger partial charge is 0.241 e. The van der Waals surface area contributed by atoms with E-state index in [0.29, 0.717) is 6.42 Å². The van der Waals surface area contributed by atoms with E-state index in [4.69, 9.17) is 9.47 Å². The number of nitrogens with one attached hydrogen (secondary N) is 3. The van der Waals surface area contributed by atoms with Crippen molar-refractivity contribution in [2.45, 2.75) is 18.5 Å². The van der Waals surface area contributed by atoms with Crippen LogP contribution in [0.3, 0.4) is 0 Å². The van der Waals surface area contributed by atoms with E-state index in [0.717, 1.165) is 39.3 Å². The molecule has 3 heterocycles. The lowest BCUT2D eigenvalue weighted by Gasteiger charge is -2.31. The van der Waals surface area contributed by atoms with Crippen molar-refractivity contribution in [3.63, 3.8) is 0 Å². The summed E-state index contributed by atoms with van der Waals surface area (Å²) in [5.41, 5.74) is 5.14. The van der Waals surface area contributed by atoms with E-state index in [1.165, 1.54) is 5.56 Å². The van der Waals surface area contributed by atoms with Gasteiger partial charge in [0.15, 0.2) is 11.5 Å². The molecule has 0 fully saturated rings. The van der Waals surface area contributed by atoms with Gasteiger partial charge in [0.05, 0.1) is 12.1 Å². The summed E-state index contributed by atoms with van der Waals surface area (Å²) in [5.74, 6) is 1.43. The summed E-state index contributed by atoms with van der Waals surface area (Å²) in [6, 6.07) is 23.2. The fourth-order valence-corrected chi connectivity index (χ4v) is 4.51. The second-order valence-corrected chi connectivity index (χ2v) is 7.89. The zero-order valence-corrected chi connectivity index (χ0v) is 16.7. The molecule has 0 saturated carbocycles. The summed E-state index contributed by atoms with van der Waals surface area (Å²) < 4.78 is 11.1. The minimum absolute atomic E-state index is 0.0483. The first kappa shape index (κ1) is 18.0. The van der Waals surface area contributed by atoms with Gasteiger partial charge >= 0.3 is 0 Å². The molecule has 6 heteroatoms. The Hall–Kier alpha value is -3.77. The number of amides is 1. The molecule has 2 aliphatic rings. The molecule has 2 atom stereocenters. The van der Waals surface area contributed by atoms with Gasteiger partial charge in [-0.1, -0.05) is 42.5 Å². The van der Waals surface area contributed by atoms with Crippen LogP contribution >= 0.6 is 0 Å². The number of carbonyl (C=O) groups is 1. The molecule has 0 unspecified atom stereocenters. The fourth-order valence-electron chi connectivity index (χ4n) is 4.51. The third-order valence-corrected chi connectivity index (χ3v) is 6.00. The average Bonchev–Trinajstić information content (AvgIpc) is 3.43. The number of aromatic amines is 1. The molecule has 31 heavy (non-hydrogen) atoms. The molecule has 0 aliphatic carbocycles. The fraction of sp³-hybridized carbons (Fsp3) is 0.160. The van der Waals surface area contributed by atoms with Crippen molar-refractivity contribution in [2.24, 2.45) is 0 Å². The topological polar surface area (TPSA) is 75.4 Å². The van der Waals surface area contributed by atoms with Gasteiger partial charge < -0.3 is 19.8 Å². The highest BCUT2D eigenvalue weighted by Crippen LogP contribution is 2.39. The lowest BCUT2D eigenvalue weighted by Crippen LogP contribution is -2.47. The van der Waals surface area contributed by atoms with Gasteiger partial charge in [-0.25, -0.2) is 0 Å². The predicted molar refractivity (Wildman–Crippen MR) is 118 cm³/mol. The Labute approximate surface area is 179 Å². The Bertz CT molecular complexity index is 1280. The maximum Gasteiger partial charge on any atom is 0.241 e. The van der Waals surface area contributed by atoms with E-state index >= 15 is 0 Å². The van der Waals surface area contributed by atoms with Crippen LogP contribution in [-0.2, 0) is 11.2 Å². The van der Waals surface area contributed by atoms with Crippen LogP contribution in [0.5, 0.6) is 11.5 Å². The molecule has 0 radical (unpaired) electrons. The van der Waals surface area contributed by atoms with E-state index in [1.54, 1.807) is 0 Å². The largest absolute Gasteiger partial charge is 0.454 e. The van der Waals surface area contributed by atoms with Crippen LogP contribution in [0.4, 0.5) is 5.69 Å². The third-order valence-electron chi connectivity index (χ3n) is 6.00. The molecule has 4 aromatic rings. The van der Waals surface area contributed by atoms with Gasteiger partial charge in [-0.3, -0.25) is 10.1 Å². The molecule has 3 aromatic carbocycles. The normalized spacial score (nSPS) is 19.2. The molecule has 1 aromatic heterocycles. The van der Waals surface area contributed by atoms with Gasteiger partial charge in [-0.05, 0) is 47.9 Å². The summed E-state index contributed by atoms with van der Waals surface area (Å²) in [6.45, 7) is 0.233. The van der Waals surface area contributed by atoms with E-state index in [9.17, 15) is 4.79 Å². The zero-order chi connectivity index (χ0) is 20.8. The van der Waals surface area contributed by atoms with Crippen LogP contribution in [-0.4, -0.2) is 23.7 Å². The first-order chi connectivity index (χ1) is 15.3. The van der Waals surface area contributed by atoms with Gasteiger partial charge in [-0.15, -0.1) is 0 Å². The van der Waals surface area contributed by atoms with Gasteiger partial charge in [0, 0.05) is 22.3 Å². The van der Waals surface area contributed by atoms with Crippen molar-refractivity contribution in [3.05, 3.63) is 89.6 Å². The van der Waals surface area contributed by atoms with Crippen LogP contribution < -0.4 is 20.1 Å². The molecule has 6 rings (SSSR count). The van der Waals surface area contributed by atoms with Crippen molar-refractivity contribution >= 4 is 22.5 Å². The molecule has 0 saturated heterocycles. The number of aromatic nitrogens is 1. The first-order valence-corrected chi connectivity index (χ1v) is 10.4. The molecule has 1 amide bonds. The number of fused-ring (bicyclic) bond motifs is 4. The minimum Gasteiger partial charge on any atom is -0.454 e. The first-order valence-electron chi connectivity index (χ1n) is 10.4. The summed E-state index contributed by atoms with van der Waals surface area (Å²) in [6.07, 6.45) is 0.610. The van der Waals surface area contributed by atoms with Crippen molar-refractivity contribution in [1.29, 1.82) is 0 Å². The zero-order valence-electron chi connectivity index (χ0n) is 16.7. The molecule has 3 N–H and O–H groups in total. The van der Waals surface area contributed by atoms with Crippen molar-refractivity contribution < 1.29 is 14.3 Å². The number of benzene rings is 3. The summed E-state index contributed by atoms with van der Waals surface area (Å²) >= 11 is 0. The van der Waals surface area contributed by atoms with Crippen molar-refractivity contribution in [1.82, 2.24) is 10.3 Å². The Kier molecular flexibility index (Phi) is 4.18. The van der Waals surface area contributed by atoms with E-state index < -0.39 is 0 Å². The third kappa shape index (κ3) is 3.12. The van der Waals surface area contributed by atoms with Crippen LogP contribution in [0.15, 0.2) is 72.8 Å². The number of H-pyrrole nitrogens is 1. The Morgan fingerprint density at radius 2 is 1.74 bits per heavy atom. The quantitative estimate of drug-likeness (QED) is 0.474. The molecule has 154 valence electrons. The molecule has 0 spiro atoms. The SMILES string of the molecule is O=C(Nc1ccccc1)[C@@H]1Cc2c([nH]c3ccccc23)[C@@H](c2ccc3c(c2)OCO3)N1. The lowest BCUT2D eigenvalue weighted by atomic mass is 9.90. The summed E-state index contributed by atoms with van der Waals surface area (Å²) in [5, 5.41) is 7.75. The summed E-state index contributed by atoms with van der Waals surface area (Å²) in [7, 11) is 0. The van der Waals surface area contributed by atoms with E-state index in [1.807, 2.05) is 60.7 Å². The molecular weight excluding hydrogens is 390 g/mol. The van der Waals surface area contributed by atoms with Gasteiger partial charge in [0.2, 0.25) is 12.7 Å². The predicted octanol–water partition coefficient (Wildman–Crippen LogP) is 4.14. The monoisotopic (exact) mass is 411 g/mol. The molecule has 2 aliphatic heterocycles. The maximum atomic E-state index is 13.2. The highest BCUT2D eigenvalue weighted by Gasteiger charge is 2.34. The van der Waals surface area contributed by atoms with Gasteiger partial charge in [0.25, 0.3) is 0 Å². The second kappa shape index (κ2) is 7.18. The number of ether oxygens (including phenoxy) is 2. The van der Waals surface area contributed by atoms with Crippen molar-refractivity contribution in [3.8, 4) is 11.5 Å². The number of hydrogen-bond donors (Lipinski definition) is 3. The van der Waals surface area contributed by atoms with Crippen LogP contribution in [0.25, 0.3) is 10.9 Å². The molecule has 0 bridgehead atoms.